The molecule has 0 spiro atoms. The third-order valence-corrected chi connectivity index (χ3v) is 5.23. The number of nitrogens with zero attached hydrogens (tertiary/aromatic N) is 3. The molecule has 0 bridgehead atoms. The van der Waals surface area contributed by atoms with Crippen molar-refractivity contribution in [1.29, 1.82) is 0 Å². The predicted molar refractivity (Wildman–Crippen MR) is 99.5 cm³/mol. The summed E-state index contributed by atoms with van der Waals surface area (Å²) in [5.41, 5.74) is 0.577. The standard InChI is InChI=1S/C18H16F2N4O4S/c19-18(20)29(26,27)16-6-4-13(5-7-16)17(25)23-14-2-1-3-15(10-14)28-9-8-24-12-21-11-22-24/h1-7,10-12,18H,8-9H2,(H,23,25). The molecule has 0 radical (unpaired) electrons. The Kier molecular flexibility index (Phi) is 6.17. The third kappa shape index (κ3) is 5.13. The Hall–Kier alpha value is -3.34. The van der Waals surface area contributed by atoms with Gasteiger partial charge in [0.05, 0.1) is 11.4 Å². The summed E-state index contributed by atoms with van der Waals surface area (Å²) in [6, 6.07) is 11.0. The van der Waals surface area contributed by atoms with E-state index in [-0.39, 0.29) is 5.56 Å². The number of rotatable bonds is 8. The van der Waals surface area contributed by atoms with Crippen LogP contribution in [-0.2, 0) is 16.4 Å². The first-order valence-electron chi connectivity index (χ1n) is 8.35. The molecule has 152 valence electrons. The van der Waals surface area contributed by atoms with E-state index in [4.69, 9.17) is 4.74 Å². The largest absolute Gasteiger partial charge is 0.492 e. The van der Waals surface area contributed by atoms with Gasteiger partial charge in [-0.25, -0.2) is 18.1 Å². The molecule has 3 rings (SSSR count). The van der Waals surface area contributed by atoms with Crippen molar-refractivity contribution < 1.29 is 26.7 Å². The van der Waals surface area contributed by atoms with E-state index < -0.39 is 26.4 Å². The van der Waals surface area contributed by atoms with Gasteiger partial charge in [0, 0.05) is 17.3 Å². The molecule has 1 amide bonds. The minimum Gasteiger partial charge on any atom is -0.492 e. The summed E-state index contributed by atoms with van der Waals surface area (Å²) in [6.07, 6.45) is 2.99. The van der Waals surface area contributed by atoms with Gasteiger partial charge >= 0.3 is 5.76 Å². The molecule has 29 heavy (non-hydrogen) atoms. The molecule has 0 saturated heterocycles. The molecule has 11 heteroatoms. The van der Waals surface area contributed by atoms with Crippen molar-refractivity contribution in [3.63, 3.8) is 0 Å². The van der Waals surface area contributed by atoms with Gasteiger partial charge < -0.3 is 10.1 Å². The van der Waals surface area contributed by atoms with Crippen molar-refractivity contribution in [2.24, 2.45) is 0 Å². The van der Waals surface area contributed by atoms with Crippen molar-refractivity contribution in [3.8, 4) is 5.75 Å². The van der Waals surface area contributed by atoms with Crippen LogP contribution < -0.4 is 10.1 Å². The van der Waals surface area contributed by atoms with Gasteiger partial charge in [-0.3, -0.25) is 4.79 Å². The Morgan fingerprint density at radius 3 is 2.59 bits per heavy atom. The minimum atomic E-state index is -4.70. The average Bonchev–Trinajstić information content (AvgIpc) is 3.22. The van der Waals surface area contributed by atoms with Gasteiger partial charge in [0.1, 0.15) is 25.0 Å². The van der Waals surface area contributed by atoms with Crippen LogP contribution in [0.5, 0.6) is 5.75 Å². The highest BCUT2D eigenvalue weighted by Crippen LogP contribution is 2.21. The fourth-order valence-electron chi connectivity index (χ4n) is 2.37. The molecule has 1 N–H and O–H groups in total. The van der Waals surface area contributed by atoms with Crippen LogP contribution in [0.3, 0.4) is 0 Å². The average molecular weight is 422 g/mol. The van der Waals surface area contributed by atoms with E-state index in [1.165, 1.54) is 18.5 Å². The maximum absolute atomic E-state index is 12.6. The topological polar surface area (TPSA) is 103 Å². The molecular formula is C18H16F2N4O4S. The minimum absolute atomic E-state index is 0.121. The number of benzene rings is 2. The van der Waals surface area contributed by atoms with E-state index in [0.29, 0.717) is 24.6 Å². The van der Waals surface area contributed by atoms with Gasteiger partial charge in [0.15, 0.2) is 0 Å². The molecule has 0 saturated carbocycles. The lowest BCUT2D eigenvalue weighted by Gasteiger charge is -2.10. The molecule has 1 aromatic heterocycles. The van der Waals surface area contributed by atoms with Crippen molar-refractivity contribution in [3.05, 3.63) is 66.7 Å². The highest BCUT2D eigenvalue weighted by Gasteiger charge is 2.26. The first-order valence-corrected chi connectivity index (χ1v) is 9.89. The molecular weight excluding hydrogens is 406 g/mol. The fraction of sp³-hybridized carbons (Fsp3) is 0.167. The van der Waals surface area contributed by atoms with Crippen LogP contribution in [0.1, 0.15) is 10.4 Å². The second kappa shape index (κ2) is 8.78. The van der Waals surface area contributed by atoms with Crippen LogP contribution in [0.2, 0.25) is 0 Å². The first kappa shape index (κ1) is 20.4. The zero-order chi connectivity index (χ0) is 20.9. The first-order chi connectivity index (χ1) is 13.9. The number of hydrogen-bond donors (Lipinski definition) is 1. The second-order valence-electron chi connectivity index (χ2n) is 5.82. The lowest BCUT2D eigenvalue weighted by atomic mass is 10.2. The normalized spacial score (nSPS) is 11.4. The molecule has 0 aliphatic carbocycles. The van der Waals surface area contributed by atoms with Gasteiger partial charge in [-0.1, -0.05) is 6.07 Å². The molecule has 2 aromatic carbocycles. The summed E-state index contributed by atoms with van der Waals surface area (Å²) in [4.78, 5) is 15.6. The summed E-state index contributed by atoms with van der Waals surface area (Å²) >= 11 is 0. The summed E-state index contributed by atoms with van der Waals surface area (Å²) in [5.74, 6) is -3.51. The molecule has 0 atom stereocenters. The van der Waals surface area contributed by atoms with E-state index in [1.54, 1.807) is 35.3 Å². The lowest BCUT2D eigenvalue weighted by molar-refractivity contribution is 0.102. The highest BCUT2D eigenvalue weighted by atomic mass is 32.2. The lowest BCUT2D eigenvalue weighted by Crippen LogP contribution is -2.14. The van der Waals surface area contributed by atoms with E-state index in [0.717, 1.165) is 12.1 Å². The van der Waals surface area contributed by atoms with Crippen molar-refractivity contribution >= 4 is 21.4 Å². The number of hydrogen-bond acceptors (Lipinski definition) is 6. The highest BCUT2D eigenvalue weighted by molar-refractivity contribution is 7.91. The summed E-state index contributed by atoms with van der Waals surface area (Å²) < 4.78 is 55.2. The number of carbonyl (C=O) groups is 1. The monoisotopic (exact) mass is 422 g/mol. The molecule has 0 aliphatic heterocycles. The quantitative estimate of drug-likeness (QED) is 0.599. The molecule has 3 aromatic rings. The van der Waals surface area contributed by atoms with Crippen LogP contribution in [0.15, 0.2) is 66.1 Å². The maximum Gasteiger partial charge on any atom is 0.341 e. The zero-order valence-corrected chi connectivity index (χ0v) is 15.7. The van der Waals surface area contributed by atoms with Crippen LogP contribution in [0.25, 0.3) is 0 Å². The Morgan fingerprint density at radius 1 is 1.17 bits per heavy atom. The number of halogens is 2. The van der Waals surface area contributed by atoms with Gasteiger partial charge in [0.2, 0.25) is 9.84 Å². The van der Waals surface area contributed by atoms with Crippen molar-refractivity contribution in [2.75, 3.05) is 11.9 Å². The molecule has 0 aliphatic rings. The summed E-state index contributed by atoms with van der Waals surface area (Å²) in [7, 11) is -4.70. The number of aromatic nitrogens is 3. The molecule has 1 heterocycles. The smallest absolute Gasteiger partial charge is 0.341 e. The van der Waals surface area contributed by atoms with Gasteiger partial charge in [0.25, 0.3) is 5.91 Å². The molecule has 8 nitrogen and oxygen atoms in total. The van der Waals surface area contributed by atoms with E-state index in [9.17, 15) is 22.0 Å². The van der Waals surface area contributed by atoms with Gasteiger partial charge in [-0.05, 0) is 36.4 Å². The maximum atomic E-state index is 12.6. The number of alkyl halides is 2. The predicted octanol–water partition coefficient (Wildman–Crippen LogP) is 2.61. The van der Waals surface area contributed by atoms with Gasteiger partial charge in [-0.2, -0.15) is 13.9 Å². The Bertz CT molecular complexity index is 1070. The van der Waals surface area contributed by atoms with E-state index >= 15 is 0 Å². The number of amides is 1. The van der Waals surface area contributed by atoms with Crippen LogP contribution in [0.4, 0.5) is 14.5 Å². The number of anilines is 1. The Labute approximate surface area is 165 Å². The molecule has 0 unspecified atom stereocenters. The van der Waals surface area contributed by atoms with Crippen molar-refractivity contribution in [1.82, 2.24) is 14.8 Å². The van der Waals surface area contributed by atoms with Crippen LogP contribution in [-0.4, -0.2) is 41.5 Å². The Balaban J connectivity index is 1.61. The summed E-state index contributed by atoms with van der Waals surface area (Å²) in [6.45, 7) is 0.852. The zero-order valence-electron chi connectivity index (χ0n) is 14.9. The second-order valence-corrected chi connectivity index (χ2v) is 7.74. The van der Waals surface area contributed by atoms with Gasteiger partial charge in [-0.15, -0.1) is 0 Å². The SMILES string of the molecule is O=C(Nc1cccc(OCCn2cncn2)c1)c1ccc(S(=O)(=O)C(F)F)cc1. The van der Waals surface area contributed by atoms with E-state index in [1.807, 2.05) is 0 Å². The van der Waals surface area contributed by atoms with Crippen LogP contribution in [0, 0.1) is 0 Å². The number of carbonyl (C=O) groups excluding carboxylic acids is 1. The van der Waals surface area contributed by atoms with Crippen LogP contribution >= 0.6 is 0 Å². The number of ether oxygens (including phenoxy) is 1. The van der Waals surface area contributed by atoms with E-state index in [2.05, 4.69) is 15.4 Å². The number of nitrogens with one attached hydrogen (secondary N) is 1. The third-order valence-electron chi connectivity index (χ3n) is 3.83. The van der Waals surface area contributed by atoms with Crippen molar-refractivity contribution in [2.45, 2.75) is 17.2 Å². The Morgan fingerprint density at radius 2 is 1.93 bits per heavy atom. The summed E-state index contributed by atoms with van der Waals surface area (Å²) in [5, 5.41) is 6.60. The molecule has 0 fully saturated rings. The number of sulfone groups is 1. The fourth-order valence-corrected chi connectivity index (χ4v) is 3.09.